The van der Waals surface area contributed by atoms with Crippen molar-refractivity contribution < 1.29 is 24.1 Å². The first-order valence-electron chi connectivity index (χ1n) is 13.3. The van der Waals surface area contributed by atoms with E-state index in [1.165, 1.54) is 0 Å². The Morgan fingerprint density at radius 3 is 2.00 bits per heavy atom. The number of ether oxygens (including phenoxy) is 4. The van der Waals surface area contributed by atoms with Gasteiger partial charge in [0.25, 0.3) is 0 Å². The van der Waals surface area contributed by atoms with Crippen molar-refractivity contribution in [1.82, 2.24) is 5.32 Å². The first-order chi connectivity index (χ1) is 16.4. The van der Waals surface area contributed by atoms with Gasteiger partial charge in [0.2, 0.25) is 0 Å². The van der Waals surface area contributed by atoms with Crippen LogP contribution >= 0.6 is 0 Å². The molecule has 2 aliphatic carbocycles. The molecule has 8 atom stereocenters. The van der Waals surface area contributed by atoms with Gasteiger partial charge in [-0.05, 0) is 94.8 Å². The molecule has 0 saturated heterocycles. The Kier molecular flexibility index (Phi) is 13.0. The maximum atomic E-state index is 9.89. The van der Waals surface area contributed by atoms with Crippen LogP contribution in [0, 0.1) is 23.7 Å². The van der Waals surface area contributed by atoms with Gasteiger partial charge in [-0.1, -0.05) is 13.8 Å². The van der Waals surface area contributed by atoms with Gasteiger partial charge in [-0.15, -0.1) is 0 Å². The van der Waals surface area contributed by atoms with Crippen LogP contribution in [0.15, 0.2) is 4.99 Å². The minimum absolute atomic E-state index is 0.0820. The van der Waals surface area contributed by atoms with E-state index in [0.29, 0.717) is 17.8 Å². The van der Waals surface area contributed by atoms with Crippen LogP contribution in [0.25, 0.3) is 0 Å². The van der Waals surface area contributed by atoms with Gasteiger partial charge in [-0.25, -0.2) is 0 Å². The number of rotatable bonds is 15. The Hall–Kier alpha value is -0.570. The molecule has 0 aliphatic heterocycles. The number of methoxy groups -OCH3 is 4. The van der Waals surface area contributed by atoms with Gasteiger partial charge in [0.15, 0.2) is 0 Å². The number of nitrogens with zero attached hydrogens (tertiary/aromatic N) is 1. The fourth-order valence-corrected chi connectivity index (χ4v) is 6.70. The summed E-state index contributed by atoms with van der Waals surface area (Å²) in [6.45, 7) is 10.8. The van der Waals surface area contributed by atoms with Crippen molar-refractivity contribution in [1.29, 1.82) is 0 Å². The predicted octanol–water partition coefficient (Wildman–Crippen LogP) is 3.72. The van der Waals surface area contributed by atoms with Crippen molar-refractivity contribution >= 4 is 6.72 Å². The molecule has 0 aromatic carbocycles. The van der Waals surface area contributed by atoms with Crippen LogP contribution in [0.5, 0.6) is 0 Å². The molecule has 200 valence electrons. The van der Waals surface area contributed by atoms with Crippen molar-refractivity contribution in [2.75, 3.05) is 48.1 Å². The monoisotopic (exact) mass is 484 g/mol. The minimum Gasteiger partial charge on any atom is -0.396 e. The zero-order valence-electron chi connectivity index (χ0n) is 22.6. The molecule has 7 nitrogen and oxygen atoms in total. The zero-order valence-corrected chi connectivity index (χ0v) is 22.6. The lowest BCUT2D eigenvalue weighted by Gasteiger charge is -2.46. The van der Waals surface area contributed by atoms with Gasteiger partial charge in [0, 0.05) is 35.0 Å². The van der Waals surface area contributed by atoms with Crippen LogP contribution in [0.3, 0.4) is 0 Å². The SMILES string of the molecule is C=NC(CCCNCCC1CC(OC)C(OC)CC1CO)(C(C)C)C1CCC(OC)C(OC)C1. The van der Waals surface area contributed by atoms with Crippen molar-refractivity contribution in [3.05, 3.63) is 0 Å². The molecule has 0 aromatic rings. The van der Waals surface area contributed by atoms with Crippen LogP contribution in [0.4, 0.5) is 0 Å². The maximum Gasteiger partial charge on any atom is 0.0836 e. The van der Waals surface area contributed by atoms with E-state index in [2.05, 4.69) is 25.9 Å². The fourth-order valence-electron chi connectivity index (χ4n) is 6.70. The first kappa shape index (κ1) is 29.7. The Balaban J connectivity index is 1.83. The highest BCUT2D eigenvalue weighted by Gasteiger charge is 2.45. The predicted molar refractivity (Wildman–Crippen MR) is 138 cm³/mol. The number of hydrogen-bond donors (Lipinski definition) is 2. The van der Waals surface area contributed by atoms with E-state index in [9.17, 15) is 5.11 Å². The molecule has 8 unspecified atom stereocenters. The molecular formula is C27H52N2O5. The average Bonchev–Trinajstić information content (AvgIpc) is 2.87. The third-order valence-electron chi connectivity index (χ3n) is 8.95. The van der Waals surface area contributed by atoms with Gasteiger partial charge in [0.1, 0.15) is 0 Å². The number of aliphatic hydroxyl groups excluding tert-OH is 1. The summed E-state index contributed by atoms with van der Waals surface area (Å²) in [7, 11) is 7.07. The number of aliphatic imine (C=N–C) groups is 1. The van der Waals surface area contributed by atoms with E-state index in [4.69, 9.17) is 23.9 Å². The summed E-state index contributed by atoms with van der Waals surface area (Å²) in [6.07, 6.45) is 8.57. The molecule has 0 heterocycles. The summed E-state index contributed by atoms with van der Waals surface area (Å²) in [5.74, 6) is 1.64. The zero-order chi connectivity index (χ0) is 25.1. The van der Waals surface area contributed by atoms with Crippen LogP contribution in [-0.4, -0.2) is 89.9 Å². The van der Waals surface area contributed by atoms with Crippen molar-refractivity contribution in [2.45, 2.75) is 95.2 Å². The summed E-state index contributed by atoms with van der Waals surface area (Å²) in [4.78, 5) is 4.78. The highest BCUT2D eigenvalue weighted by molar-refractivity contribution is 5.27. The van der Waals surface area contributed by atoms with Crippen LogP contribution in [-0.2, 0) is 18.9 Å². The van der Waals surface area contributed by atoms with Gasteiger partial charge >= 0.3 is 0 Å². The van der Waals surface area contributed by atoms with Crippen LogP contribution in [0.1, 0.15) is 65.2 Å². The van der Waals surface area contributed by atoms with Crippen molar-refractivity contribution in [3.8, 4) is 0 Å². The Morgan fingerprint density at radius 1 is 0.882 bits per heavy atom. The molecule has 0 radical (unpaired) electrons. The van der Waals surface area contributed by atoms with Gasteiger partial charge in [0.05, 0.1) is 30.0 Å². The highest BCUT2D eigenvalue weighted by atomic mass is 16.5. The molecular weight excluding hydrogens is 432 g/mol. The van der Waals surface area contributed by atoms with E-state index in [-0.39, 0.29) is 42.5 Å². The standard InChI is InChI=1S/C27H52N2O5/c1-19(2)27(28-3,22-9-10-23(31-4)26(17-22)34-7)12-8-13-29-14-11-20-15-24(32-5)25(33-6)16-21(20)18-30/h19-26,29-30H,3,8-18H2,1-2,4-7H3. The number of nitrogens with one attached hydrogen (secondary N) is 1. The minimum atomic E-state index is -0.122. The molecule has 2 rings (SSSR count). The lowest BCUT2D eigenvalue weighted by Crippen LogP contribution is -2.48. The Morgan fingerprint density at radius 2 is 1.47 bits per heavy atom. The molecule has 0 aromatic heterocycles. The summed E-state index contributed by atoms with van der Waals surface area (Å²) in [6, 6.07) is 0. The van der Waals surface area contributed by atoms with E-state index >= 15 is 0 Å². The highest BCUT2D eigenvalue weighted by Crippen LogP contribution is 2.44. The molecule has 7 heteroatoms. The second kappa shape index (κ2) is 14.9. The molecule has 34 heavy (non-hydrogen) atoms. The quantitative estimate of drug-likeness (QED) is 0.272. The maximum absolute atomic E-state index is 9.89. The largest absolute Gasteiger partial charge is 0.396 e. The van der Waals surface area contributed by atoms with Crippen molar-refractivity contribution in [2.24, 2.45) is 28.7 Å². The van der Waals surface area contributed by atoms with Gasteiger partial charge in [-0.2, -0.15) is 0 Å². The smallest absolute Gasteiger partial charge is 0.0836 e. The summed E-state index contributed by atoms with van der Waals surface area (Å²) < 4.78 is 22.7. The summed E-state index contributed by atoms with van der Waals surface area (Å²) in [5, 5.41) is 13.5. The van der Waals surface area contributed by atoms with Gasteiger partial charge in [-0.3, -0.25) is 4.99 Å². The average molecular weight is 485 g/mol. The summed E-state index contributed by atoms with van der Waals surface area (Å²) >= 11 is 0. The van der Waals surface area contributed by atoms with Crippen molar-refractivity contribution in [3.63, 3.8) is 0 Å². The molecule has 2 saturated carbocycles. The Bertz CT molecular complexity index is 577. The molecule has 0 amide bonds. The fraction of sp³-hybridized carbons (Fsp3) is 0.963. The molecule has 0 bridgehead atoms. The first-order valence-corrected chi connectivity index (χ1v) is 13.3. The van der Waals surface area contributed by atoms with E-state index in [1.54, 1.807) is 28.4 Å². The van der Waals surface area contributed by atoms with E-state index in [1.807, 2.05) is 0 Å². The Labute approximate surface area is 208 Å². The third-order valence-corrected chi connectivity index (χ3v) is 8.95. The molecule has 2 aliphatic rings. The lowest BCUT2D eigenvalue weighted by atomic mass is 9.66. The van der Waals surface area contributed by atoms with Crippen LogP contribution in [0.2, 0.25) is 0 Å². The summed E-state index contributed by atoms with van der Waals surface area (Å²) in [5.41, 5.74) is -0.122. The van der Waals surface area contributed by atoms with E-state index < -0.39 is 0 Å². The number of hydrogen-bond acceptors (Lipinski definition) is 7. The normalized spacial score (nSPS) is 34.2. The van der Waals surface area contributed by atoms with Gasteiger partial charge < -0.3 is 29.4 Å². The number of aliphatic hydroxyl groups is 1. The third kappa shape index (κ3) is 7.23. The topological polar surface area (TPSA) is 81.5 Å². The molecule has 0 spiro atoms. The molecule has 2 N–H and O–H groups in total. The lowest BCUT2D eigenvalue weighted by molar-refractivity contribution is -0.0944. The van der Waals surface area contributed by atoms with E-state index in [0.717, 1.165) is 64.5 Å². The molecule has 2 fully saturated rings. The van der Waals surface area contributed by atoms with Crippen LogP contribution < -0.4 is 5.32 Å². The second-order valence-electron chi connectivity index (χ2n) is 10.7. The second-order valence-corrected chi connectivity index (χ2v) is 10.7.